The van der Waals surface area contributed by atoms with E-state index in [0.717, 1.165) is 11.3 Å². The maximum atomic E-state index is 11.1. The fourth-order valence-corrected chi connectivity index (χ4v) is 2.83. The van der Waals surface area contributed by atoms with Crippen LogP contribution in [0.3, 0.4) is 0 Å². The van der Waals surface area contributed by atoms with E-state index in [1.807, 2.05) is 22.8 Å². The second kappa shape index (κ2) is 5.75. The third-order valence-corrected chi connectivity index (χ3v) is 4.06. The van der Waals surface area contributed by atoms with Crippen LogP contribution in [0.25, 0.3) is 0 Å². The standard InChI is InChI=1S/C14H12ClN3O2S/c15-13-7-18-11(6-17-21-18)4-10(13)8-20-12-3-1-2-9(5-12)14(16)19/h1-7,17H,8H2,(H2,16,19). The number of carbonyl (C=O) groups is 1. The molecule has 0 atom stereocenters. The molecule has 21 heavy (non-hydrogen) atoms. The van der Waals surface area contributed by atoms with E-state index < -0.39 is 5.91 Å². The highest BCUT2D eigenvalue weighted by atomic mass is 35.5. The summed E-state index contributed by atoms with van der Waals surface area (Å²) in [7, 11) is 0. The highest BCUT2D eigenvalue weighted by molar-refractivity contribution is 7.95. The zero-order valence-corrected chi connectivity index (χ0v) is 12.4. The summed E-state index contributed by atoms with van der Waals surface area (Å²) in [4.78, 5) is 11.1. The van der Waals surface area contributed by atoms with Crippen molar-refractivity contribution < 1.29 is 9.53 Å². The van der Waals surface area contributed by atoms with Gasteiger partial charge >= 0.3 is 0 Å². The molecule has 7 heteroatoms. The van der Waals surface area contributed by atoms with Crippen LogP contribution in [0.2, 0.25) is 0 Å². The van der Waals surface area contributed by atoms with Crippen molar-refractivity contribution in [2.75, 3.05) is 6.61 Å². The van der Waals surface area contributed by atoms with Gasteiger partial charge in [0.1, 0.15) is 12.4 Å². The summed E-state index contributed by atoms with van der Waals surface area (Å²) in [5.41, 5.74) is 7.53. The van der Waals surface area contributed by atoms with Gasteiger partial charge in [-0.1, -0.05) is 17.7 Å². The number of nitrogens with zero attached hydrogens (tertiary/aromatic N) is 1. The van der Waals surface area contributed by atoms with Gasteiger partial charge in [-0.2, -0.15) is 0 Å². The lowest BCUT2D eigenvalue weighted by molar-refractivity contribution is 0.1000. The molecule has 5 nitrogen and oxygen atoms in total. The molecule has 1 aromatic carbocycles. The first-order chi connectivity index (χ1) is 10.1. The van der Waals surface area contributed by atoms with Gasteiger partial charge in [-0.25, -0.2) is 0 Å². The summed E-state index contributed by atoms with van der Waals surface area (Å²) >= 11 is 7.67. The average Bonchev–Trinajstić information content (AvgIpc) is 2.92. The number of ether oxygens (including phenoxy) is 1. The number of rotatable bonds is 4. The minimum atomic E-state index is -0.481. The number of amides is 1. The molecule has 0 spiro atoms. The van der Waals surface area contributed by atoms with Gasteiger partial charge in [-0.3, -0.25) is 9.10 Å². The van der Waals surface area contributed by atoms with E-state index >= 15 is 0 Å². The van der Waals surface area contributed by atoms with Gasteiger partial charge in [0, 0.05) is 23.5 Å². The molecule has 2 aliphatic rings. The quantitative estimate of drug-likeness (QED) is 0.834. The smallest absolute Gasteiger partial charge is 0.248 e. The van der Waals surface area contributed by atoms with Crippen molar-refractivity contribution in [1.82, 2.24) is 9.03 Å². The summed E-state index contributed by atoms with van der Waals surface area (Å²) in [6, 6.07) is 6.75. The molecular formula is C14H12ClN3O2S. The predicted octanol–water partition coefficient (Wildman–Crippen LogP) is 2.49. The number of carbonyl (C=O) groups excluding carboxylic acids is 1. The summed E-state index contributed by atoms with van der Waals surface area (Å²) < 4.78 is 10.7. The van der Waals surface area contributed by atoms with Gasteiger partial charge in [0.2, 0.25) is 5.91 Å². The number of fused-ring (bicyclic) bond motifs is 1. The number of nitrogens with one attached hydrogen (secondary N) is 1. The Hall–Kier alpha value is -2.05. The maximum Gasteiger partial charge on any atom is 0.248 e. The van der Waals surface area contributed by atoms with Crippen molar-refractivity contribution in [3.05, 3.63) is 64.6 Å². The van der Waals surface area contributed by atoms with Gasteiger partial charge in [0.15, 0.2) is 0 Å². The molecule has 1 aromatic rings. The van der Waals surface area contributed by atoms with Gasteiger partial charge in [0.25, 0.3) is 0 Å². The summed E-state index contributed by atoms with van der Waals surface area (Å²) in [5.74, 6) is 0.0945. The van der Waals surface area contributed by atoms with E-state index in [0.29, 0.717) is 23.0 Å². The van der Waals surface area contributed by atoms with Crippen LogP contribution >= 0.6 is 23.7 Å². The van der Waals surface area contributed by atoms with Crippen molar-refractivity contribution in [2.24, 2.45) is 5.73 Å². The molecule has 2 aliphatic heterocycles. The van der Waals surface area contributed by atoms with E-state index in [1.165, 1.54) is 12.1 Å². The largest absolute Gasteiger partial charge is 0.489 e. The maximum absolute atomic E-state index is 11.1. The number of primary amides is 1. The van der Waals surface area contributed by atoms with Gasteiger partial charge in [-0.05, 0) is 24.3 Å². The Bertz CT molecular complexity index is 685. The van der Waals surface area contributed by atoms with Crippen molar-refractivity contribution in [2.45, 2.75) is 0 Å². The predicted molar refractivity (Wildman–Crippen MR) is 83.1 cm³/mol. The van der Waals surface area contributed by atoms with Gasteiger partial charge < -0.3 is 15.2 Å². The SMILES string of the molecule is NC(=O)c1cccc(OCC2=CC3=CNSN3C=C2Cl)c1. The molecule has 108 valence electrons. The Kier molecular flexibility index (Phi) is 3.81. The Morgan fingerprint density at radius 3 is 3.14 bits per heavy atom. The second-order valence-corrected chi connectivity index (χ2v) is 5.65. The highest BCUT2D eigenvalue weighted by Gasteiger charge is 2.20. The first-order valence-electron chi connectivity index (χ1n) is 6.16. The van der Waals surface area contributed by atoms with Crippen molar-refractivity contribution in [3.63, 3.8) is 0 Å². The number of hydrogen-bond acceptors (Lipinski definition) is 5. The molecule has 0 radical (unpaired) electrons. The fraction of sp³-hybridized carbons (Fsp3) is 0.0714. The van der Waals surface area contributed by atoms with E-state index in [1.54, 1.807) is 24.3 Å². The van der Waals surface area contributed by atoms with E-state index in [-0.39, 0.29) is 0 Å². The Labute approximate surface area is 131 Å². The molecule has 0 saturated heterocycles. The third-order valence-electron chi connectivity index (χ3n) is 2.98. The zero-order valence-electron chi connectivity index (χ0n) is 10.9. The molecule has 3 rings (SSSR count). The summed E-state index contributed by atoms with van der Waals surface area (Å²) in [6.45, 7) is 0.313. The minimum absolute atomic E-state index is 0.313. The van der Waals surface area contributed by atoms with Crippen LogP contribution in [-0.4, -0.2) is 16.8 Å². The zero-order chi connectivity index (χ0) is 14.8. The van der Waals surface area contributed by atoms with E-state index in [4.69, 9.17) is 22.1 Å². The Morgan fingerprint density at radius 2 is 2.33 bits per heavy atom. The highest BCUT2D eigenvalue weighted by Crippen LogP contribution is 2.32. The van der Waals surface area contributed by atoms with Crippen LogP contribution in [0.4, 0.5) is 0 Å². The molecule has 0 unspecified atom stereocenters. The number of allylic oxidation sites excluding steroid dienone is 1. The molecular weight excluding hydrogens is 310 g/mol. The topological polar surface area (TPSA) is 67.6 Å². The normalized spacial score (nSPS) is 16.4. The first-order valence-corrected chi connectivity index (χ1v) is 7.31. The van der Waals surface area contributed by atoms with Crippen LogP contribution in [0, 0.1) is 0 Å². The lowest BCUT2D eigenvalue weighted by Crippen LogP contribution is -2.13. The molecule has 1 amide bonds. The molecule has 0 saturated carbocycles. The molecule has 0 fully saturated rings. The second-order valence-electron chi connectivity index (χ2n) is 4.43. The molecule has 2 heterocycles. The Morgan fingerprint density at radius 1 is 1.48 bits per heavy atom. The Balaban J connectivity index is 1.72. The fourth-order valence-electron chi connectivity index (χ4n) is 1.91. The molecule has 3 N–H and O–H groups in total. The lowest BCUT2D eigenvalue weighted by atomic mass is 10.2. The van der Waals surface area contributed by atoms with E-state index in [9.17, 15) is 4.79 Å². The van der Waals surface area contributed by atoms with Crippen LogP contribution in [0.5, 0.6) is 5.75 Å². The van der Waals surface area contributed by atoms with Gasteiger partial charge in [-0.15, -0.1) is 0 Å². The summed E-state index contributed by atoms with van der Waals surface area (Å²) in [5, 5.41) is 0.620. The van der Waals surface area contributed by atoms with E-state index in [2.05, 4.69) is 4.72 Å². The van der Waals surface area contributed by atoms with Crippen LogP contribution in [0.1, 0.15) is 10.4 Å². The van der Waals surface area contributed by atoms with Crippen LogP contribution in [-0.2, 0) is 0 Å². The number of hydrogen-bond donors (Lipinski definition) is 2. The lowest BCUT2D eigenvalue weighted by Gasteiger charge is -2.20. The van der Waals surface area contributed by atoms with Crippen molar-refractivity contribution in [1.29, 1.82) is 0 Å². The average molecular weight is 322 g/mol. The van der Waals surface area contributed by atoms with Crippen LogP contribution < -0.4 is 15.2 Å². The molecule has 0 aliphatic carbocycles. The van der Waals surface area contributed by atoms with Gasteiger partial charge in [0.05, 0.1) is 22.9 Å². The number of nitrogens with two attached hydrogens (primary N) is 1. The van der Waals surface area contributed by atoms with Crippen molar-refractivity contribution in [3.8, 4) is 5.75 Å². The molecule has 0 aromatic heterocycles. The summed E-state index contributed by atoms with van der Waals surface area (Å²) in [6.07, 6.45) is 5.67. The number of benzene rings is 1. The third kappa shape index (κ3) is 3.01. The molecule has 0 bridgehead atoms. The monoisotopic (exact) mass is 321 g/mol. The van der Waals surface area contributed by atoms with Crippen LogP contribution in [0.15, 0.2) is 59.0 Å². The first kappa shape index (κ1) is 13.9. The number of halogens is 1. The minimum Gasteiger partial charge on any atom is -0.489 e. The van der Waals surface area contributed by atoms with Crippen molar-refractivity contribution >= 4 is 29.6 Å².